The zero-order chi connectivity index (χ0) is 13.3. The zero-order valence-corrected chi connectivity index (χ0v) is 12.1. The van der Waals surface area contributed by atoms with Gasteiger partial charge in [-0.15, -0.1) is 11.3 Å². The van der Waals surface area contributed by atoms with Crippen LogP contribution in [-0.4, -0.2) is 5.78 Å². The smallest absolute Gasteiger partial charge is 0.193 e. The van der Waals surface area contributed by atoms with E-state index in [4.69, 9.17) is 0 Å². The van der Waals surface area contributed by atoms with Crippen LogP contribution in [-0.2, 0) is 5.41 Å². The molecular weight excluding hydrogens is 240 g/mol. The van der Waals surface area contributed by atoms with Crippen LogP contribution >= 0.6 is 11.3 Å². The average Bonchev–Trinajstić information content (AvgIpc) is 2.74. The van der Waals surface area contributed by atoms with Gasteiger partial charge in [0, 0.05) is 21.4 Å². The van der Waals surface area contributed by atoms with Crippen molar-refractivity contribution in [2.75, 3.05) is 0 Å². The minimum absolute atomic E-state index is 0.111. The first-order valence-corrected chi connectivity index (χ1v) is 6.96. The molecular formula is C16H18OS. The zero-order valence-electron chi connectivity index (χ0n) is 11.3. The average molecular weight is 258 g/mol. The van der Waals surface area contributed by atoms with Gasteiger partial charge in [0.15, 0.2) is 5.78 Å². The van der Waals surface area contributed by atoms with Crippen molar-refractivity contribution in [3.8, 4) is 0 Å². The van der Waals surface area contributed by atoms with Crippen LogP contribution in [0, 0.1) is 6.92 Å². The molecule has 1 heterocycles. The van der Waals surface area contributed by atoms with Gasteiger partial charge in [0.05, 0.1) is 0 Å². The van der Waals surface area contributed by atoms with Crippen molar-refractivity contribution in [1.82, 2.24) is 0 Å². The number of carbonyl (C=O) groups excluding carboxylic acids is 1. The Bertz CT molecular complexity index is 556. The summed E-state index contributed by atoms with van der Waals surface area (Å²) in [6, 6.07) is 9.90. The van der Waals surface area contributed by atoms with Crippen molar-refractivity contribution in [2.45, 2.75) is 33.1 Å². The summed E-state index contributed by atoms with van der Waals surface area (Å²) in [5.41, 5.74) is 2.93. The highest BCUT2D eigenvalue weighted by molar-refractivity contribution is 7.10. The van der Waals surface area contributed by atoms with Crippen LogP contribution in [0.5, 0.6) is 0 Å². The topological polar surface area (TPSA) is 17.1 Å². The SMILES string of the molecule is Cc1cc(C(=O)c2ccc(C(C)(C)C)cc2)cs1. The third kappa shape index (κ3) is 2.70. The third-order valence-corrected chi connectivity index (χ3v) is 3.87. The van der Waals surface area contributed by atoms with Crippen molar-refractivity contribution in [2.24, 2.45) is 0 Å². The van der Waals surface area contributed by atoms with Gasteiger partial charge < -0.3 is 0 Å². The summed E-state index contributed by atoms with van der Waals surface area (Å²) in [6.07, 6.45) is 0. The fraction of sp³-hybridized carbons (Fsp3) is 0.312. The van der Waals surface area contributed by atoms with Gasteiger partial charge in [-0.25, -0.2) is 0 Å². The van der Waals surface area contributed by atoms with Crippen molar-refractivity contribution in [3.63, 3.8) is 0 Å². The summed E-state index contributed by atoms with van der Waals surface area (Å²) in [7, 11) is 0. The number of benzene rings is 1. The highest BCUT2D eigenvalue weighted by Crippen LogP contribution is 2.23. The predicted octanol–water partition coefficient (Wildman–Crippen LogP) is 4.59. The summed E-state index contributed by atoms with van der Waals surface area (Å²) < 4.78 is 0. The van der Waals surface area contributed by atoms with Crippen molar-refractivity contribution < 1.29 is 4.79 Å². The molecule has 18 heavy (non-hydrogen) atoms. The van der Waals surface area contributed by atoms with Gasteiger partial charge in [-0.05, 0) is 24.0 Å². The lowest BCUT2D eigenvalue weighted by molar-refractivity contribution is 0.103. The maximum absolute atomic E-state index is 12.2. The predicted molar refractivity (Wildman–Crippen MR) is 77.6 cm³/mol. The van der Waals surface area contributed by atoms with Gasteiger partial charge in [-0.2, -0.15) is 0 Å². The maximum atomic E-state index is 12.2. The summed E-state index contributed by atoms with van der Waals surface area (Å²) in [4.78, 5) is 13.4. The highest BCUT2D eigenvalue weighted by atomic mass is 32.1. The molecule has 0 spiro atoms. The van der Waals surface area contributed by atoms with Crippen LogP contribution in [0.4, 0.5) is 0 Å². The summed E-state index contributed by atoms with van der Waals surface area (Å²) in [6.45, 7) is 8.54. The highest BCUT2D eigenvalue weighted by Gasteiger charge is 2.15. The van der Waals surface area contributed by atoms with E-state index in [0.29, 0.717) is 0 Å². The van der Waals surface area contributed by atoms with Gasteiger partial charge in [0.1, 0.15) is 0 Å². The molecule has 2 heteroatoms. The van der Waals surface area contributed by atoms with E-state index in [1.165, 1.54) is 10.4 Å². The van der Waals surface area contributed by atoms with Gasteiger partial charge in [0.25, 0.3) is 0 Å². The van der Waals surface area contributed by atoms with E-state index in [0.717, 1.165) is 11.1 Å². The van der Waals surface area contributed by atoms with Crippen LogP contribution in [0.2, 0.25) is 0 Å². The maximum Gasteiger partial charge on any atom is 0.193 e. The van der Waals surface area contributed by atoms with Gasteiger partial charge in [0.2, 0.25) is 0 Å². The Kier molecular flexibility index (Phi) is 3.40. The molecule has 0 fully saturated rings. The Balaban J connectivity index is 2.28. The van der Waals surface area contributed by atoms with Crippen LogP contribution < -0.4 is 0 Å². The number of rotatable bonds is 2. The van der Waals surface area contributed by atoms with Crippen LogP contribution in [0.1, 0.15) is 47.1 Å². The standard InChI is InChI=1S/C16H18OS/c1-11-9-13(10-18-11)15(17)12-5-7-14(8-6-12)16(2,3)4/h5-10H,1-4H3. The Morgan fingerprint density at radius 3 is 2.11 bits per heavy atom. The number of ketones is 1. The van der Waals surface area contributed by atoms with Gasteiger partial charge in [-0.1, -0.05) is 45.0 Å². The van der Waals surface area contributed by atoms with Gasteiger partial charge in [-0.3, -0.25) is 4.79 Å². The first kappa shape index (κ1) is 13.0. The van der Waals surface area contributed by atoms with E-state index < -0.39 is 0 Å². The van der Waals surface area contributed by atoms with E-state index in [9.17, 15) is 4.79 Å². The van der Waals surface area contributed by atoms with Crippen molar-refractivity contribution in [1.29, 1.82) is 0 Å². The lowest BCUT2D eigenvalue weighted by Crippen LogP contribution is -2.11. The minimum Gasteiger partial charge on any atom is -0.289 e. The molecule has 0 aliphatic heterocycles. The summed E-state index contributed by atoms with van der Waals surface area (Å²) >= 11 is 1.61. The lowest BCUT2D eigenvalue weighted by atomic mass is 9.86. The molecule has 0 N–H and O–H groups in total. The van der Waals surface area contributed by atoms with Crippen molar-refractivity contribution in [3.05, 3.63) is 57.3 Å². The van der Waals surface area contributed by atoms with Crippen LogP contribution in [0.25, 0.3) is 0 Å². The molecule has 0 radical (unpaired) electrons. The molecule has 2 aromatic rings. The fourth-order valence-corrected chi connectivity index (χ4v) is 2.53. The molecule has 0 saturated carbocycles. The van der Waals surface area contributed by atoms with Gasteiger partial charge >= 0.3 is 0 Å². The quantitative estimate of drug-likeness (QED) is 0.720. The number of carbonyl (C=O) groups is 1. The van der Waals surface area contributed by atoms with E-state index >= 15 is 0 Å². The molecule has 0 saturated heterocycles. The normalized spacial score (nSPS) is 11.6. The number of aryl methyl sites for hydroxylation is 1. The fourth-order valence-electron chi connectivity index (χ4n) is 1.85. The largest absolute Gasteiger partial charge is 0.289 e. The van der Waals surface area contributed by atoms with Crippen molar-refractivity contribution >= 4 is 17.1 Å². The molecule has 0 aliphatic rings. The molecule has 2 rings (SSSR count). The lowest BCUT2D eigenvalue weighted by Gasteiger charge is -2.18. The summed E-state index contributed by atoms with van der Waals surface area (Å²) in [5.74, 6) is 0.111. The second kappa shape index (κ2) is 4.69. The molecule has 1 aromatic heterocycles. The monoisotopic (exact) mass is 258 g/mol. The first-order chi connectivity index (χ1) is 8.38. The number of hydrogen-bond donors (Lipinski definition) is 0. The van der Waals surface area contributed by atoms with Crippen LogP contribution in [0.15, 0.2) is 35.7 Å². The molecule has 0 amide bonds. The molecule has 0 bridgehead atoms. The third-order valence-electron chi connectivity index (χ3n) is 3.01. The van der Waals surface area contributed by atoms with E-state index in [1.54, 1.807) is 11.3 Å². The second-order valence-electron chi connectivity index (χ2n) is 5.60. The molecule has 94 valence electrons. The molecule has 0 unspecified atom stereocenters. The van der Waals surface area contributed by atoms with E-state index in [-0.39, 0.29) is 11.2 Å². The minimum atomic E-state index is 0.111. The molecule has 0 atom stereocenters. The Hall–Kier alpha value is -1.41. The Morgan fingerprint density at radius 1 is 1.06 bits per heavy atom. The summed E-state index contributed by atoms with van der Waals surface area (Å²) in [5, 5.41) is 1.93. The Morgan fingerprint density at radius 2 is 1.67 bits per heavy atom. The van der Waals surface area contributed by atoms with E-state index in [1.807, 2.05) is 42.6 Å². The molecule has 0 aliphatic carbocycles. The first-order valence-electron chi connectivity index (χ1n) is 6.08. The number of hydrogen-bond acceptors (Lipinski definition) is 2. The number of thiophene rings is 1. The molecule has 1 nitrogen and oxygen atoms in total. The molecule has 1 aromatic carbocycles. The van der Waals surface area contributed by atoms with E-state index in [2.05, 4.69) is 20.8 Å². The second-order valence-corrected chi connectivity index (χ2v) is 6.72. The Labute approximate surface area is 112 Å². The van der Waals surface area contributed by atoms with Crippen LogP contribution in [0.3, 0.4) is 0 Å².